The van der Waals surface area contributed by atoms with Crippen molar-refractivity contribution in [1.29, 1.82) is 0 Å². The van der Waals surface area contributed by atoms with Crippen molar-refractivity contribution >= 4 is 119 Å². The number of hydrogen-bond donors (Lipinski definition) is 22. The molecule has 0 radical (unpaired) electrons. The van der Waals surface area contributed by atoms with Crippen LogP contribution < -0.4 is 92.5 Å². The molecule has 13 amide bonds. The topological polar surface area (TPSA) is 708 Å². The predicted octanol–water partition coefficient (Wildman–Crippen LogP) is -1.35. The molecule has 13 atom stereocenters. The fraction of sp³-hybridized carbons (Fsp3) is 0.667. The van der Waals surface area contributed by atoms with Crippen LogP contribution in [0.4, 0.5) is 0 Å². The zero-order valence-corrected chi connectivity index (χ0v) is 69.8. The van der Waals surface area contributed by atoms with Crippen molar-refractivity contribution in [3.63, 3.8) is 0 Å². The summed E-state index contributed by atoms with van der Waals surface area (Å²) in [6.07, 6.45) is 5.11. The van der Waals surface area contributed by atoms with Crippen LogP contribution in [0.1, 0.15) is 227 Å². The van der Waals surface area contributed by atoms with Gasteiger partial charge in [0.25, 0.3) is 0 Å². The molecule has 0 bridgehead atoms. The van der Waals surface area contributed by atoms with E-state index in [0.717, 1.165) is 57.8 Å². The number of aliphatic carboxylic acids is 5. The molecule has 674 valence electrons. The molecule has 0 aromatic heterocycles. The smallest absolute Gasteiger partial charge is 0.326 e. The Balaban J connectivity index is 3.55. The number of hydrogen-bond acceptors (Lipinski definition) is 20. The third kappa shape index (κ3) is 47.0. The summed E-state index contributed by atoms with van der Waals surface area (Å²) in [5.41, 5.74) is 28.2. The Morgan fingerprint density at radius 3 is 1.13 bits per heavy atom. The van der Waals surface area contributed by atoms with E-state index in [1.165, 1.54) is 13.8 Å². The highest BCUT2D eigenvalue weighted by Crippen LogP contribution is 2.18. The SMILES string of the molecule is CC[C@H](C)[C@H](NC(=O)CCCCCCCCCCCCCC(=O)O)C(=O)N[C@@H](C)C(=O)N[C@@H](CCC(N)=O)C(=O)N[C@@H](CCC(=O)O)C(=O)N[C@@H](CC(C)C)C(=O)N[C@@H](CCCN=C(N)N)C(=O)N[C@@H](CCCN=C(N)N)C(=O)N[C@H](C(=O)NCC(=O)N[C@@H](CC(=O)O)C(=O)N[C@@H](CCC(=O)O)C(=O)N[C@@H](Cc1ccccc1)C(=O)O)[C@@H](C)CC. The summed E-state index contributed by atoms with van der Waals surface area (Å²) in [6, 6.07) is -9.49. The van der Waals surface area contributed by atoms with Gasteiger partial charge >= 0.3 is 29.8 Å². The summed E-state index contributed by atoms with van der Waals surface area (Å²) in [5.74, 6) is -22.0. The summed E-state index contributed by atoms with van der Waals surface area (Å²) in [4.78, 5) is 247. The average Bonchev–Trinajstić information content (AvgIpc) is 0.860. The maximum atomic E-state index is 14.7. The molecule has 0 saturated carbocycles. The van der Waals surface area contributed by atoms with Crippen LogP contribution in [0.25, 0.3) is 0 Å². The van der Waals surface area contributed by atoms with Gasteiger partial charge in [-0.15, -0.1) is 0 Å². The fourth-order valence-corrected chi connectivity index (χ4v) is 12.2. The van der Waals surface area contributed by atoms with Crippen molar-refractivity contribution in [2.24, 2.45) is 56.4 Å². The first-order chi connectivity index (χ1) is 56.6. The van der Waals surface area contributed by atoms with Gasteiger partial charge in [0, 0.05) is 51.6 Å². The van der Waals surface area contributed by atoms with Crippen molar-refractivity contribution in [3.05, 3.63) is 35.9 Å². The van der Waals surface area contributed by atoms with Gasteiger partial charge in [0.2, 0.25) is 76.8 Å². The van der Waals surface area contributed by atoms with E-state index >= 15 is 0 Å². The van der Waals surface area contributed by atoms with Gasteiger partial charge in [-0.25, -0.2) is 4.79 Å². The normalized spacial score (nSPS) is 14.2. The third-order valence-corrected chi connectivity index (χ3v) is 19.4. The van der Waals surface area contributed by atoms with Crippen LogP contribution in [0, 0.1) is 17.8 Å². The largest absolute Gasteiger partial charge is 0.481 e. The number of carboxylic acid groups (broad SMARTS) is 5. The maximum Gasteiger partial charge on any atom is 0.326 e. The van der Waals surface area contributed by atoms with E-state index in [4.69, 9.17) is 33.8 Å². The molecule has 0 saturated heterocycles. The number of carboxylic acids is 5. The second-order valence-corrected chi connectivity index (χ2v) is 30.1. The van der Waals surface area contributed by atoms with Gasteiger partial charge in [-0.3, -0.25) is 91.5 Å². The number of nitrogens with two attached hydrogens (primary N) is 5. The lowest BCUT2D eigenvalue weighted by atomic mass is 9.97. The van der Waals surface area contributed by atoms with E-state index < -0.39 is 236 Å². The number of nitrogens with zero attached hydrogens (tertiary/aromatic N) is 2. The van der Waals surface area contributed by atoms with Gasteiger partial charge < -0.3 is 118 Å². The molecule has 120 heavy (non-hydrogen) atoms. The first-order valence-corrected chi connectivity index (χ1v) is 40.7. The number of carbonyl (C=O) groups excluding carboxylic acids is 13. The number of primary amides is 1. The number of amides is 13. The molecule has 0 heterocycles. The minimum absolute atomic E-state index is 0.0171. The predicted molar refractivity (Wildman–Crippen MR) is 438 cm³/mol. The second kappa shape index (κ2) is 59.0. The fourth-order valence-electron chi connectivity index (χ4n) is 12.2. The Morgan fingerprint density at radius 1 is 0.350 bits per heavy atom. The van der Waals surface area contributed by atoms with Crippen LogP contribution in [0.2, 0.25) is 0 Å². The first-order valence-electron chi connectivity index (χ1n) is 40.7. The highest BCUT2D eigenvalue weighted by Gasteiger charge is 2.38. The number of carbonyl (C=O) groups is 18. The molecule has 42 heteroatoms. The molecule has 27 N–H and O–H groups in total. The van der Waals surface area contributed by atoms with Crippen molar-refractivity contribution in [1.82, 2.24) is 63.8 Å². The zero-order valence-electron chi connectivity index (χ0n) is 69.8. The summed E-state index contributed by atoms with van der Waals surface area (Å²) in [6.45, 7) is 10.1. The lowest BCUT2D eigenvalue weighted by molar-refractivity contribution is -0.143. The minimum atomic E-state index is -1.99. The molecule has 1 aromatic carbocycles. The lowest BCUT2D eigenvalue weighted by Crippen LogP contribution is -2.60. The van der Waals surface area contributed by atoms with Crippen LogP contribution in [0.5, 0.6) is 0 Å². The standard InChI is InChI=1S/C78H129N19O23/c1-8-45(5)64(74(117)86-43-59(100)88-55(42-63(107)108)73(116)93-53(34-37-62(105)106)70(113)95-56(76(119)120)41-48-26-20-19-21-27-48)97-71(114)50(29-25-39-85-78(82)83)90-67(110)49(28-24-38-84-77(80)81)91-72(115)54(40-44(3)4)94-69(112)52(33-36-61(103)104)92-68(111)51(32-35-57(79)98)89-66(109)47(7)87-75(118)65(46(6)9-2)96-58(99)30-22-17-15-13-11-10-12-14-16-18-23-31-60(101)102/h19-21,26-27,44-47,49-56,64-65H,8-18,22-25,28-43H2,1-7H3,(H2,79,98)(H,86,117)(H,87,118)(H,88,100)(H,89,109)(H,90,110)(H,91,115)(H,92,111)(H,93,116)(H,94,112)(H,95,113)(H,96,99)(H,97,114)(H,101,102)(H,103,104)(H,105,106)(H,107,108)(H,119,120)(H4,80,81,84)(H4,82,83,85)/t45-,46-,47-,49-,50-,51-,52-,53-,54-,55-,56-,64-,65-/m0/s1. The molecular formula is C78H129N19O23. The molecule has 0 aliphatic carbocycles. The monoisotopic (exact) mass is 1700 g/mol. The van der Waals surface area contributed by atoms with Crippen LogP contribution in [0.3, 0.4) is 0 Å². The molecule has 1 rings (SSSR count). The number of rotatable bonds is 65. The van der Waals surface area contributed by atoms with E-state index in [-0.39, 0.29) is 88.7 Å². The van der Waals surface area contributed by atoms with Crippen molar-refractivity contribution < 1.29 is 112 Å². The van der Waals surface area contributed by atoms with E-state index in [9.17, 15) is 107 Å². The molecule has 0 aliphatic rings. The van der Waals surface area contributed by atoms with Gasteiger partial charge in [-0.05, 0) is 94.4 Å². The molecule has 1 aromatic rings. The summed E-state index contributed by atoms with van der Waals surface area (Å²) >= 11 is 0. The Bertz CT molecular complexity index is 3600. The van der Waals surface area contributed by atoms with E-state index in [1.807, 2.05) is 0 Å². The first kappa shape index (κ1) is 106. The summed E-state index contributed by atoms with van der Waals surface area (Å²) in [5, 5.41) is 77.1. The van der Waals surface area contributed by atoms with Crippen molar-refractivity contribution in [2.45, 2.75) is 295 Å². The Morgan fingerprint density at radius 2 is 0.725 bits per heavy atom. The lowest BCUT2D eigenvalue weighted by Gasteiger charge is -2.29. The van der Waals surface area contributed by atoms with Gasteiger partial charge in [-0.1, -0.05) is 143 Å². The van der Waals surface area contributed by atoms with Gasteiger partial charge in [0.1, 0.15) is 66.5 Å². The highest BCUT2D eigenvalue weighted by molar-refractivity contribution is 6.00. The molecule has 0 spiro atoms. The minimum Gasteiger partial charge on any atom is -0.481 e. The van der Waals surface area contributed by atoms with Crippen molar-refractivity contribution in [3.8, 4) is 0 Å². The Labute approximate surface area is 698 Å². The van der Waals surface area contributed by atoms with E-state index in [2.05, 4.69) is 73.8 Å². The number of unbranched alkanes of at least 4 members (excludes halogenated alkanes) is 10. The Kier molecular flexibility index (Phi) is 52.2. The molecule has 42 nitrogen and oxygen atoms in total. The summed E-state index contributed by atoms with van der Waals surface area (Å²) < 4.78 is 0. The number of benzene rings is 1. The second-order valence-electron chi connectivity index (χ2n) is 30.1. The van der Waals surface area contributed by atoms with Crippen molar-refractivity contribution in [2.75, 3.05) is 19.6 Å². The maximum absolute atomic E-state index is 14.7. The zero-order chi connectivity index (χ0) is 90.6. The molecule has 0 unspecified atom stereocenters. The molecule has 0 fully saturated rings. The van der Waals surface area contributed by atoms with Gasteiger partial charge in [-0.2, -0.15) is 0 Å². The molecule has 0 aliphatic heterocycles. The van der Waals surface area contributed by atoms with Gasteiger partial charge in [0.05, 0.1) is 13.0 Å². The highest BCUT2D eigenvalue weighted by atomic mass is 16.4. The van der Waals surface area contributed by atoms with Gasteiger partial charge in [0.15, 0.2) is 11.9 Å². The quantitative estimate of drug-likeness (QED) is 0.0204. The van der Waals surface area contributed by atoms with E-state index in [0.29, 0.717) is 24.8 Å². The number of nitrogens with one attached hydrogen (secondary N) is 12. The molecular weight excluding hydrogens is 1570 g/mol. The van der Waals surface area contributed by atoms with Crippen LogP contribution in [-0.2, 0) is 92.7 Å². The third-order valence-electron chi connectivity index (χ3n) is 19.4. The Hall–Kier alpha value is -11.8. The van der Waals surface area contributed by atoms with E-state index in [1.54, 1.807) is 65.0 Å². The number of aliphatic imine (C=N–C) groups is 2. The summed E-state index contributed by atoms with van der Waals surface area (Å²) in [7, 11) is 0. The number of guanidine groups is 2. The van der Waals surface area contributed by atoms with Crippen LogP contribution in [-0.4, -0.2) is 230 Å². The van der Waals surface area contributed by atoms with Crippen LogP contribution in [0.15, 0.2) is 40.3 Å². The van der Waals surface area contributed by atoms with Crippen LogP contribution >= 0.6 is 0 Å². The average molecular weight is 1700 g/mol.